The molecule has 2 aromatic carbocycles. The molecule has 154 valence electrons. The smallest absolute Gasteiger partial charge is 0.269 e. The zero-order valence-corrected chi connectivity index (χ0v) is 16.5. The van der Waals surface area contributed by atoms with Crippen molar-refractivity contribution < 1.29 is 14.3 Å². The summed E-state index contributed by atoms with van der Waals surface area (Å²) in [7, 11) is 1.54. The van der Waals surface area contributed by atoms with Crippen LogP contribution in [0.3, 0.4) is 0 Å². The highest BCUT2D eigenvalue weighted by Crippen LogP contribution is 2.21. The van der Waals surface area contributed by atoms with Crippen LogP contribution in [0.25, 0.3) is 0 Å². The summed E-state index contributed by atoms with van der Waals surface area (Å²) in [4.78, 5) is 32.4. The fourth-order valence-electron chi connectivity index (χ4n) is 2.34. The van der Waals surface area contributed by atoms with Crippen LogP contribution >= 0.6 is 11.6 Å². The predicted molar refractivity (Wildman–Crippen MR) is 113 cm³/mol. The Labute approximate surface area is 176 Å². The number of benzene rings is 2. The molecule has 0 saturated carbocycles. The van der Waals surface area contributed by atoms with Crippen LogP contribution in [0.15, 0.2) is 54.9 Å². The van der Waals surface area contributed by atoms with Gasteiger partial charge in [0.1, 0.15) is 17.8 Å². The summed E-state index contributed by atoms with van der Waals surface area (Å²) < 4.78 is 5.06. The summed E-state index contributed by atoms with van der Waals surface area (Å²) >= 11 is 5.88. The molecule has 11 heteroatoms. The molecule has 1 heterocycles. The highest BCUT2D eigenvalue weighted by molar-refractivity contribution is 6.30. The first-order chi connectivity index (χ1) is 14.5. The van der Waals surface area contributed by atoms with Crippen molar-refractivity contribution in [1.82, 2.24) is 20.8 Å². The number of nitrogens with zero attached hydrogens (tertiary/aromatic N) is 2. The zero-order valence-electron chi connectivity index (χ0n) is 15.8. The Morgan fingerprint density at radius 2 is 1.53 bits per heavy atom. The molecular formula is C19H18ClN7O3. The van der Waals surface area contributed by atoms with Crippen LogP contribution in [0.1, 0.15) is 20.7 Å². The second-order valence-electron chi connectivity index (χ2n) is 5.88. The largest absolute Gasteiger partial charge is 0.497 e. The molecule has 0 aliphatic carbocycles. The number of carbonyl (C=O) groups excluding carboxylic acids is 2. The monoisotopic (exact) mass is 427 g/mol. The molecule has 0 aliphatic heterocycles. The number of hydrazine groups is 2. The first-order valence-electron chi connectivity index (χ1n) is 8.60. The number of amides is 2. The summed E-state index contributed by atoms with van der Waals surface area (Å²) in [5.41, 5.74) is 17.0. The minimum atomic E-state index is -0.433. The van der Waals surface area contributed by atoms with Crippen LogP contribution in [0, 0.1) is 0 Å². The average Bonchev–Trinajstić information content (AvgIpc) is 2.77. The Hall–Kier alpha value is -4.05. The molecule has 3 rings (SSSR count). The quantitative estimate of drug-likeness (QED) is 0.361. The Morgan fingerprint density at radius 3 is 2.10 bits per heavy atom. The van der Waals surface area contributed by atoms with Crippen LogP contribution in [0.5, 0.6) is 5.75 Å². The van der Waals surface area contributed by atoms with E-state index >= 15 is 0 Å². The van der Waals surface area contributed by atoms with E-state index in [-0.39, 0.29) is 17.3 Å². The van der Waals surface area contributed by atoms with Crippen molar-refractivity contribution in [3.8, 4) is 5.75 Å². The van der Waals surface area contributed by atoms with E-state index in [1.54, 1.807) is 42.5 Å². The predicted octanol–water partition coefficient (Wildman–Crippen LogP) is 2.23. The molecule has 0 radical (unpaired) electrons. The molecule has 30 heavy (non-hydrogen) atoms. The van der Waals surface area contributed by atoms with Gasteiger partial charge in [0.15, 0.2) is 11.6 Å². The number of rotatable bonds is 7. The van der Waals surface area contributed by atoms with Crippen molar-refractivity contribution >= 4 is 40.7 Å². The summed E-state index contributed by atoms with van der Waals surface area (Å²) in [6.07, 6.45) is 1.21. The number of halogens is 1. The van der Waals surface area contributed by atoms with E-state index in [0.29, 0.717) is 21.9 Å². The fraction of sp³-hybridized carbons (Fsp3) is 0.0526. The maximum absolute atomic E-state index is 12.2. The van der Waals surface area contributed by atoms with Gasteiger partial charge in [0, 0.05) is 16.1 Å². The van der Waals surface area contributed by atoms with E-state index in [9.17, 15) is 9.59 Å². The lowest BCUT2D eigenvalue weighted by Crippen LogP contribution is -2.32. The normalized spacial score (nSPS) is 10.1. The van der Waals surface area contributed by atoms with Crippen LogP contribution < -0.4 is 32.2 Å². The highest BCUT2D eigenvalue weighted by atomic mass is 35.5. The summed E-state index contributed by atoms with van der Waals surface area (Å²) in [6, 6.07) is 13.0. The minimum Gasteiger partial charge on any atom is -0.497 e. The molecular weight excluding hydrogens is 410 g/mol. The molecule has 0 aliphatic rings. The number of methoxy groups -OCH3 is 1. The van der Waals surface area contributed by atoms with Crippen molar-refractivity contribution in [1.29, 1.82) is 0 Å². The van der Waals surface area contributed by atoms with Gasteiger partial charge in [-0.3, -0.25) is 31.3 Å². The summed E-state index contributed by atoms with van der Waals surface area (Å²) in [5, 5.41) is 0.434. The fourth-order valence-corrected chi connectivity index (χ4v) is 2.53. The maximum Gasteiger partial charge on any atom is 0.269 e. The first kappa shape index (κ1) is 20.7. The molecule has 0 saturated heterocycles. The van der Waals surface area contributed by atoms with Crippen molar-refractivity contribution in [2.75, 3.05) is 23.7 Å². The van der Waals surface area contributed by atoms with E-state index in [0.717, 1.165) is 0 Å². The number of ether oxygens (including phenoxy) is 1. The second-order valence-corrected chi connectivity index (χ2v) is 6.32. The highest BCUT2D eigenvalue weighted by Gasteiger charge is 2.12. The van der Waals surface area contributed by atoms with Crippen molar-refractivity contribution in [3.05, 3.63) is 71.0 Å². The van der Waals surface area contributed by atoms with Crippen LogP contribution in [0.2, 0.25) is 5.02 Å². The molecule has 3 aromatic rings. The van der Waals surface area contributed by atoms with Gasteiger partial charge in [-0.05, 0) is 42.5 Å². The number of nitrogen functional groups attached to an aromatic ring is 1. The third-order valence-electron chi connectivity index (χ3n) is 3.91. The van der Waals surface area contributed by atoms with Crippen LogP contribution in [-0.2, 0) is 0 Å². The molecule has 0 spiro atoms. The van der Waals surface area contributed by atoms with Gasteiger partial charge in [-0.1, -0.05) is 17.7 Å². The molecule has 0 bridgehead atoms. The Bertz CT molecular complexity index is 1060. The van der Waals surface area contributed by atoms with Gasteiger partial charge < -0.3 is 10.5 Å². The third kappa shape index (κ3) is 5.06. The van der Waals surface area contributed by atoms with Crippen LogP contribution in [0.4, 0.5) is 17.3 Å². The van der Waals surface area contributed by atoms with Gasteiger partial charge in [-0.25, -0.2) is 9.97 Å². The number of nitrogens with one attached hydrogen (secondary N) is 4. The number of anilines is 3. The maximum atomic E-state index is 12.2. The molecule has 0 fully saturated rings. The van der Waals surface area contributed by atoms with E-state index in [1.165, 1.54) is 19.5 Å². The van der Waals surface area contributed by atoms with Crippen LogP contribution in [-0.4, -0.2) is 28.9 Å². The topological polar surface area (TPSA) is 143 Å². The van der Waals surface area contributed by atoms with Crippen molar-refractivity contribution in [2.45, 2.75) is 0 Å². The molecule has 2 amide bonds. The van der Waals surface area contributed by atoms with Gasteiger partial charge in [-0.15, -0.1) is 0 Å². The molecule has 10 nitrogen and oxygen atoms in total. The lowest BCUT2D eigenvalue weighted by Gasteiger charge is -2.14. The van der Waals surface area contributed by atoms with E-state index in [1.807, 2.05) is 0 Å². The van der Waals surface area contributed by atoms with Crippen molar-refractivity contribution in [3.63, 3.8) is 0 Å². The van der Waals surface area contributed by atoms with Crippen molar-refractivity contribution in [2.24, 2.45) is 0 Å². The number of aromatic nitrogens is 2. The Morgan fingerprint density at radius 1 is 0.933 bits per heavy atom. The SMILES string of the molecule is COc1ccc(C(=O)NNc2ncnc(NNC(=O)c3cccc(Cl)c3)c2N)cc1. The average molecular weight is 428 g/mol. The molecule has 0 unspecified atom stereocenters. The first-order valence-corrected chi connectivity index (χ1v) is 8.98. The lowest BCUT2D eigenvalue weighted by molar-refractivity contribution is 0.0954. The van der Waals surface area contributed by atoms with Gasteiger partial charge in [0.2, 0.25) is 0 Å². The second kappa shape index (κ2) is 9.43. The van der Waals surface area contributed by atoms with E-state index in [4.69, 9.17) is 22.1 Å². The summed E-state index contributed by atoms with van der Waals surface area (Å²) in [6.45, 7) is 0. The standard InChI is InChI=1S/C19H18ClN7O3/c1-30-14-7-5-11(6-8-14)18(28)26-24-16-15(21)17(23-10-22-16)25-27-19(29)12-3-2-4-13(20)9-12/h2-10H,21H2,1H3,(H,26,28)(H,27,29)(H2,22,23,24,25). The Balaban J connectivity index is 1.61. The van der Waals surface area contributed by atoms with Gasteiger partial charge in [0.05, 0.1) is 7.11 Å². The van der Waals surface area contributed by atoms with E-state index in [2.05, 4.69) is 31.7 Å². The van der Waals surface area contributed by atoms with Gasteiger partial charge in [-0.2, -0.15) is 0 Å². The number of hydrogen-bond donors (Lipinski definition) is 5. The Kier molecular flexibility index (Phi) is 6.50. The number of carbonyl (C=O) groups is 2. The minimum absolute atomic E-state index is 0.0823. The molecule has 1 aromatic heterocycles. The summed E-state index contributed by atoms with van der Waals surface area (Å²) in [5.74, 6) is 0.0836. The number of nitrogens with two attached hydrogens (primary N) is 1. The molecule has 0 atom stereocenters. The van der Waals surface area contributed by atoms with E-state index < -0.39 is 11.8 Å². The van der Waals surface area contributed by atoms with Gasteiger partial charge >= 0.3 is 0 Å². The molecule has 6 N–H and O–H groups in total. The lowest BCUT2D eigenvalue weighted by atomic mass is 10.2. The zero-order chi connectivity index (χ0) is 21.5. The number of hydrogen-bond acceptors (Lipinski definition) is 8. The third-order valence-corrected chi connectivity index (χ3v) is 4.15. The van der Waals surface area contributed by atoms with Gasteiger partial charge in [0.25, 0.3) is 11.8 Å².